The van der Waals surface area contributed by atoms with Gasteiger partial charge in [-0.1, -0.05) is 6.42 Å². The predicted molar refractivity (Wildman–Crippen MR) is 64.7 cm³/mol. The second-order valence-corrected chi connectivity index (χ2v) is 6.44. The molecule has 1 aliphatic carbocycles. The third-order valence-corrected chi connectivity index (χ3v) is 3.84. The third-order valence-electron chi connectivity index (χ3n) is 3.84. The largest absolute Gasteiger partial charge is 0.444 e. The number of aliphatic hydroxyl groups is 1. The summed E-state index contributed by atoms with van der Waals surface area (Å²) in [4.78, 5) is 13.9. The topological polar surface area (TPSA) is 49.8 Å². The number of amides is 1. The van der Waals surface area contributed by atoms with E-state index in [0.717, 1.165) is 25.8 Å². The van der Waals surface area contributed by atoms with Crippen LogP contribution in [0.15, 0.2) is 0 Å². The molecule has 1 N–H and O–H groups in total. The van der Waals surface area contributed by atoms with Crippen molar-refractivity contribution in [2.24, 2.45) is 5.92 Å². The first-order valence-corrected chi connectivity index (χ1v) is 6.48. The van der Waals surface area contributed by atoms with E-state index in [1.807, 2.05) is 20.8 Å². The van der Waals surface area contributed by atoms with E-state index in [0.29, 0.717) is 5.92 Å². The minimum atomic E-state index is -0.468. The van der Waals surface area contributed by atoms with E-state index in [1.165, 1.54) is 6.42 Å². The van der Waals surface area contributed by atoms with Gasteiger partial charge in [-0.3, -0.25) is 4.90 Å². The Kier molecular flexibility index (Phi) is 3.10. The Bertz CT molecular complexity index is 310. The summed E-state index contributed by atoms with van der Waals surface area (Å²) < 4.78 is 5.43. The summed E-state index contributed by atoms with van der Waals surface area (Å²) in [6.45, 7) is 6.42. The number of ether oxygens (including phenoxy) is 1. The SMILES string of the molecule is CC(C)(C)OC(=O)N1CC2CCCC1(CO)C2. The van der Waals surface area contributed by atoms with Crippen LogP contribution in [-0.2, 0) is 4.74 Å². The van der Waals surface area contributed by atoms with E-state index in [4.69, 9.17) is 4.74 Å². The first-order valence-electron chi connectivity index (χ1n) is 6.48. The number of nitrogens with zero attached hydrogens (tertiary/aromatic N) is 1. The average Bonchev–Trinajstić information content (AvgIpc) is 2.48. The first-order chi connectivity index (χ1) is 7.86. The lowest BCUT2D eigenvalue weighted by atomic mass is 9.80. The van der Waals surface area contributed by atoms with Crippen LogP contribution in [0.5, 0.6) is 0 Å². The van der Waals surface area contributed by atoms with Crippen LogP contribution in [0.2, 0.25) is 0 Å². The van der Waals surface area contributed by atoms with Gasteiger partial charge in [0, 0.05) is 6.54 Å². The molecule has 1 saturated carbocycles. The van der Waals surface area contributed by atoms with Gasteiger partial charge in [0.15, 0.2) is 0 Å². The zero-order valence-corrected chi connectivity index (χ0v) is 11.0. The molecule has 2 fully saturated rings. The molecule has 0 aromatic carbocycles. The van der Waals surface area contributed by atoms with E-state index in [2.05, 4.69) is 0 Å². The van der Waals surface area contributed by atoms with Crippen LogP contribution in [0.4, 0.5) is 4.79 Å². The maximum absolute atomic E-state index is 12.2. The molecule has 2 aliphatic rings. The molecule has 1 aliphatic heterocycles. The smallest absolute Gasteiger partial charge is 0.410 e. The van der Waals surface area contributed by atoms with Gasteiger partial charge in [0.25, 0.3) is 0 Å². The first kappa shape index (κ1) is 12.7. The Morgan fingerprint density at radius 1 is 1.53 bits per heavy atom. The average molecular weight is 241 g/mol. The van der Waals surface area contributed by atoms with Gasteiger partial charge in [-0.2, -0.15) is 0 Å². The molecule has 2 rings (SSSR count). The second-order valence-electron chi connectivity index (χ2n) is 6.44. The van der Waals surface area contributed by atoms with Crippen LogP contribution in [-0.4, -0.2) is 40.4 Å². The van der Waals surface area contributed by atoms with Crippen molar-refractivity contribution in [1.82, 2.24) is 4.90 Å². The number of carbonyl (C=O) groups is 1. The number of likely N-dealkylation sites (tertiary alicyclic amines) is 1. The Morgan fingerprint density at radius 2 is 2.24 bits per heavy atom. The van der Waals surface area contributed by atoms with Gasteiger partial charge < -0.3 is 9.84 Å². The highest BCUT2D eigenvalue weighted by Crippen LogP contribution is 2.44. The number of hydrogen-bond acceptors (Lipinski definition) is 3. The number of hydrogen-bond donors (Lipinski definition) is 1. The second kappa shape index (κ2) is 4.16. The van der Waals surface area contributed by atoms with Crippen molar-refractivity contribution in [2.45, 2.75) is 57.6 Å². The van der Waals surface area contributed by atoms with Gasteiger partial charge in [-0.15, -0.1) is 0 Å². The zero-order valence-electron chi connectivity index (χ0n) is 11.0. The van der Waals surface area contributed by atoms with Crippen LogP contribution >= 0.6 is 0 Å². The fourth-order valence-electron chi connectivity index (χ4n) is 3.13. The lowest BCUT2D eigenvalue weighted by Crippen LogP contribution is -2.51. The summed E-state index contributed by atoms with van der Waals surface area (Å²) in [7, 11) is 0. The van der Waals surface area contributed by atoms with Gasteiger partial charge in [-0.25, -0.2) is 4.79 Å². The normalized spacial score (nSPS) is 32.7. The van der Waals surface area contributed by atoms with E-state index < -0.39 is 5.60 Å². The molecular formula is C13H23NO3. The molecule has 2 atom stereocenters. The van der Waals surface area contributed by atoms with Crippen LogP contribution in [0, 0.1) is 5.92 Å². The molecule has 1 amide bonds. The van der Waals surface area contributed by atoms with Gasteiger partial charge in [-0.05, 0) is 46.0 Å². The number of aliphatic hydroxyl groups excluding tert-OH is 1. The molecule has 1 heterocycles. The van der Waals surface area contributed by atoms with Crippen molar-refractivity contribution in [3.63, 3.8) is 0 Å². The molecule has 4 heteroatoms. The molecule has 4 nitrogen and oxygen atoms in total. The van der Waals surface area contributed by atoms with Crippen molar-refractivity contribution in [2.75, 3.05) is 13.2 Å². The zero-order chi connectivity index (χ0) is 12.7. The lowest BCUT2D eigenvalue weighted by molar-refractivity contribution is -0.00719. The van der Waals surface area contributed by atoms with Gasteiger partial charge in [0.2, 0.25) is 0 Å². The fourth-order valence-corrected chi connectivity index (χ4v) is 3.13. The maximum atomic E-state index is 12.2. The number of rotatable bonds is 1. The quantitative estimate of drug-likeness (QED) is 0.765. The molecule has 0 spiro atoms. The van der Waals surface area contributed by atoms with Crippen molar-refractivity contribution < 1.29 is 14.6 Å². The molecule has 0 radical (unpaired) electrons. The minimum absolute atomic E-state index is 0.0583. The van der Waals surface area contributed by atoms with E-state index in [9.17, 15) is 9.90 Å². The monoisotopic (exact) mass is 241 g/mol. The van der Waals surface area contributed by atoms with Gasteiger partial charge >= 0.3 is 6.09 Å². The van der Waals surface area contributed by atoms with Crippen LogP contribution in [0.3, 0.4) is 0 Å². The number of fused-ring (bicyclic) bond motifs is 2. The Balaban J connectivity index is 2.12. The predicted octanol–water partition coefficient (Wildman–Crippen LogP) is 2.16. The molecule has 0 aromatic heterocycles. The third kappa shape index (κ3) is 2.41. The Morgan fingerprint density at radius 3 is 2.82 bits per heavy atom. The molecule has 17 heavy (non-hydrogen) atoms. The molecule has 2 bridgehead atoms. The summed E-state index contributed by atoms with van der Waals surface area (Å²) in [6, 6.07) is 0. The van der Waals surface area contributed by atoms with Crippen molar-refractivity contribution in [1.29, 1.82) is 0 Å². The molecule has 2 unspecified atom stereocenters. The van der Waals surface area contributed by atoms with Gasteiger partial charge in [0.1, 0.15) is 5.60 Å². The van der Waals surface area contributed by atoms with Crippen molar-refractivity contribution >= 4 is 6.09 Å². The lowest BCUT2D eigenvalue weighted by Gasteiger charge is -2.38. The summed E-state index contributed by atoms with van der Waals surface area (Å²) in [5.74, 6) is 0.545. The highest BCUT2D eigenvalue weighted by Gasteiger charge is 2.50. The molecule has 0 aromatic rings. The minimum Gasteiger partial charge on any atom is -0.444 e. The fraction of sp³-hybridized carbons (Fsp3) is 0.923. The standard InChI is InChI=1S/C13H23NO3/c1-12(2,3)17-11(16)14-8-10-5-4-6-13(14,7-10)9-15/h10,15H,4-9H2,1-3H3. The molecule has 98 valence electrons. The van der Waals surface area contributed by atoms with E-state index in [-0.39, 0.29) is 18.2 Å². The Labute approximate surface area is 103 Å². The maximum Gasteiger partial charge on any atom is 0.410 e. The Hall–Kier alpha value is -0.770. The van der Waals surface area contributed by atoms with Gasteiger partial charge in [0.05, 0.1) is 12.1 Å². The number of carbonyl (C=O) groups excluding carboxylic acids is 1. The van der Waals surface area contributed by atoms with Crippen molar-refractivity contribution in [3.05, 3.63) is 0 Å². The summed E-state index contributed by atoms with van der Waals surface area (Å²) in [6.07, 6.45) is 3.84. The molecule has 1 saturated heterocycles. The van der Waals surface area contributed by atoms with Crippen LogP contribution in [0.25, 0.3) is 0 Å². The van der Waals surface area contributed by atoms with E-state index >= 15 is 0 Å². The van der Waals surface area contributed by atoms with Crippen LogP contribution < -0.4 is 0 Å². The summed E-state index contributed by atoms with van der Waals surface area (Å²) in [5.41, 5.74) is -0.810. The summed E-state index contributed by atoms with van der Waals surface area (Å²) >= 11 is 0. The molecular weight excluding hydrogens is 218 g/mol. The van der Waals surface area contributed by atoms with Crippen LogP contribution in [0.1, 0.15) is 46.5 Å². The van der Waals surface area contributed by atoms with E-state index in [1.54, 1.807) is 4.90 Å². The summed E-state index contributed by atoms with van der Waals surface area (Å²) in [5, 5.41) is 9.64. The highest BCUT2D eigenvalue weighted by atomic mass is 16.6. The highest BCUT2D eigenvalue weighted by molar-refractivity contribution is 5.70. The van der Waals surface area contributed by atoms with Crippen molar-refractivity contribution in [3.8, 4) is 0 Å².